The third kappa shape index (κ3) is 2.51. The van der Waals surface area contributed by atoms with Crippen LogP contribution in [-0.4, -0.2) is 31.3 Å². The van der Waals surface area contributed by atoms with Gasteiger partial charge in [-0.2, -0.15) is 0 Å². The van der Waals surface area contributed by atoms with Crippen LogP contribution in [0.5, 0.6) is 0 Å². The predicted octanol–water partition coefficient (Wildman–Crippen LogP) is 1.33. The van der Waals surface area contributed by atoms with E-state index in [9.17, 15) is 0 Å². The molecule has 2 heterocycles. The monoisotopic (exact) mass is 221 g/mol. The second-order valence-electron chi connectivity index (χ2n) is 4.16. The smallest absolute Gasteiger partial charge is 0.133 e. The van der Waals surface area contributed by atoms with Crippen LogP contribution in [-0.2, 0) is 4.74 Å². The fourth-order valence-corrected chi connectivity index (χ4v) is 1.99. The van der Waals surface area contributed by atoms with Crippen LogP contribution in [0.1, 0.15) is 24.9 Å². The Morgan fingerprint density at radius 1 is 1.44 bits per heavy atom. The molecular formula is C12H19N3O. The van der Waals surface area contributed by atoms with E-state index in [1.807, 2.05) is 19.2 Å². The molecule has 0 spiro atoms. The first kappa shape index (κ1) is 11.4. The molecule has 88 valence electrons. The Labute approximate surface area is 96.4 Å². The lowest BCUT2D eigenvalue weighted by molar-refractivity contribution is 0.152. The molecule has 0 bridgehead atoms. The minimum absolute atomic E-state index is 0.0212. The van der Waals surface area contributed by atoms with Gasteiger partial charge >= 0.3 is 0 Å². The molecule has 2 N–H and O–H groups in total. The summed E-state index contributed by atoms with van der Waals surface area (Å²) in [6, 6.07) is 4.02. The third-order valence-corrected chi connectivity index (χ3v) is 2.83. The number of hydrogen-bond donors (Lipinski definition) is 1. The van der Waals surface area contributed by atoms with E-state index in [0.29, 0.717) is 0 Å². The van der Waals surface area contributed by atoms with E-state index in [0.717, 1.165) is 44.1 Å². The van der Waals surface area contributed by atoms with Gasteiger partial charge in [-0.25, -0.2) is 4.98 Å². The van der Waals surface area contributed by atoms with Crippen molar-refractivity contribution < 1.29 is 4.74 Å². The van der Waals surface area contributed by atoms with Crippen molar-refractivity contribution in [3.63, 3.8) is 0 Å². The Balaban J connectivity index is 2.23. The Bertz CT molecular complexity index is 333. The molecule has 2 rings (SSSR count). The number of ether oxygens (including phenoxy) is 1. The SMILES string of the molecule is CC(N)c1cccnc1N1CCCOCC1. The lowest BCUT2D eigenvalue weighted by atomic mass is 10.1. The van der Waals surface area contributed by atoms with Gasteiger partial charge in [0.05, 0.1) is 6.61 Å². The minimum Gasteiger partial charge on any atom is -0.380 e. The Kier molecular flexibility index (Phi) is 3.74. The summed E-state index contributed by atoms with van der Waals surface area (Å²) in [6.07, 6.45) is 2.88. The van der Waals surface area contributed by atoms with Gasteiger partial charge in [0, 0.05) is 37.5 Å². The molecule has 0 amide bonds. The summed E-state index contributed by atoms with van der Waals surface area (Å²) < 4.78 is 5.45. The van der Waals surface area contributed by atoms with Crippen molar-refractivity contribution in [2.75, 3.05) is 31.2 Å². The van der Waals surface area contributed by atoms with Crippen LogP contribution in [0.2, 0.25) is 0 Å². The van der Waals surface area contributed by atoms with Crippen molar-refractivity contribution >= 4 is 5.82 Å². The molecule has 1 aliphatic heterocycles. The standard InChI is InChI=1S/C12H19N3O/c1-10(13)11-4-2-5-14-12(11)15-6-3-8-16-9-7-15/h2,4-5,10H,3,6-9,13H2,1H3. The molecule has 0 radical (unpaired) electrons. The van der Waals surface area contributed by atoms with E-state index < -0.39 is 0 Å². The summed E-state index contributed by atoms with van der Waals surface area (Å²) >= 11 is 0. The van der Waals surface area contributed by atoms with Crippen LogP contribution in [0.15, 0.2) is 18.3 Å². The molecule has 1 fully saturated rings. The average Bonchev–Trinajstić information content (AvgIpc) is 2.57. The maximum atomic E-state index is 5.96. The van der Waals surface area contributed by atoms with Gasteiger partial charge in [-0.1, -0.05) is 6.07 Å². The fourth-order valence-electron chi connectivity index (χ4n) is 1.99. The molecule has 0 aliphatic carbocycles. The fraction of sp³-hybridized carbons (Fsp3) is 0.583. The van der Waals surface area contributed by atoms with Crippen molar-refractivity contribution in [3.8, 4) is 0 Å². The highest BCUT2D eigenvalue weighted by atomic mass is 16.5. The van der Waals surface area contributed by atoms with Gasteiger partial charge in [0.2, 0.25) is 0 Å². The zero-order chi connectivity index (χ0) is 11.4. The molecule has 1 aliphatic rings. The molecular weight excluding hydrogens is 202 g/mol. The number of hydrogen-bond acceptors (Lipinski definition) is 4. The molecule has 1 aromatic rings. The van der Waals surface area contributed by atoms with Crippen LogP contribution >= 0.6 is 0 Å². The van der Waals surface area contributed by atoms with Gasteiger partial charge in [0.25, 0.3) is 0 Å². The summed E-state index contributed by atoms with van der Waals surface area (Å²) in [6.45, 7) is 5.51. The second-order valence-corrected chi connectivity index (χ2v) is 4.16. The maximum absolute atomic E-state index is 5.96. The van der Waals surface area contributed by atoms with Gasteiger partial charge in [0.1, 0.15) is 5.82 Å². The normalized spacial score (nSPS) is 19.2. The number of aromatic nitrogens is 1. The topological polar surface area (TPSA) is 51.4 Å². The van der Waals surface area contributed by atoms with E-state index >= 15 is 0 Å². The summed E-state index contributed by atoms with van der Waals surface area (Å²) in [5, 5.41) is 0. The molecule has 4 nitrogen and oxygen atoms in total. The van der Waals surface area contributed by atoms with Crippen LogP contribution in [0.4, 0.5) is 5.82 Å². The van der Waals surface area contributed by atoms with E-state index in [4.69, 9.17) is 10.5 Å². The largest absolute Gasteiger partial charge is 0.380 e. The molecule has 0 aromatic carbocycles. The van der Waals surface area contributed by atoms with E-state index in [-0.39, 0.29) is 6.04 Å². The number of nitrogens with zero attached hydrogens (tertiary/aromatic N) is 2. The van der Waals surface area contributed by atoms with Gasteiger partial charge in [-0.3, -0.25) is 0 Å². The highest BCUT2D eigenvalue weighted by Gasteiger charge is 2.16. The molecule has 1 atom stereocenters. The summed E-state index contributed by atoms with van der Waals surface area (Å²) in [4.78, 5) is 6.73. The predicted molar refractivity (Wildman–Crippen MR) is 64.5 cm³/mol. The lowest BCUT2D eigenvalue weighted by Gasteiger charge is -2.24. The Morgan fingerprint density at radius 3 is 3.12 bits per heavy atom. The van der Waals surface area contributed by atoms with Crippen LogP contribution in [0, 0.1) is 0 Å². The van der Waals surface area contributed by atoms with Crippen LogP contribution in [0.3, 0.4) is 0 Å². The number of rotatable bonds is 2. The van der Waals surface area contributed by atoms with Crippen LogP contribution in [0.25, 0.3) is 0 Å². The van der Waals surface area contributed by atoms with E-state index in [1.165, 1.54) is 0 Å². The highest BCUT2D eigenvalue weighted by Crippen LogP contribution is 2.22. The Morgan fingerprint density at radius 2 is 2.31 bits per heavy atom. The zero-order valence-electron chi connectivity index (χ0n) is 9.72. The van der Waals surface area contributed by atoms with Crippen molar-refractivity contribution in [2.45, 2.75) is 19.4 Å². The Hall–Kier alpha value is -1.13. The van der Waals surface area contributed by atoms with E-state index in [1.54, 1.807) is 0 Å². The van der Waals surface area contributed by atoms with Crippen molar-refractivity contribution in [2.24, 2.45) is 5.73 Å². The highest BCUT2D eigenvalue weighted by molar-refractivity contribution is 5.48. The van der Waals surface area contributed by atoms with Gasteiger partial charge < -0.3 is 15.4 Å². The lowest BCUT2D eigenvalue weighted by Crippen LogP contribution is -2.28. The van der Waals surface area contributed by atoms with Crippen molar-refractivity contribution in [3.05, 3.63) is 23.9 Å². The summed E-state index contributed by atoms with van der Waals surface area (Å²) in [7, 11) is 0. The molecule has 1 aromatic heterocycles. The first-order valence-electron chi connectivity index (χ1n) is 5.82. The summed E-state index contributed by atoms with van der Waals surface area (Å²) in [5.41, 5.74) is 7.08. The van der Waals surface area contributed by atoms with Crippen LogP contribution < -0.4 is 10.6 Å². The third-order valence-electron chi connectivity index (χ3n) is 2.83. The average molecular weight is 221 g/mol. The second kappa shape index (κ2) is 5.27. The van der Waals surface area contributed by atoms with Crippen molar-refractivity contribution in [1.82, 2.24) is 4.98 Å². The first-order valence-corrected chi connectivity index (χ1v) is 5.82. The number of nitrogens with two attached hydrogens (primary N) is 1. The quantitative estimate of drug-likeness (QED) is 0.818. The van der Waals surface area contributed by atoms with Gasteiger partial charge in [-0.05, 0) is 19.4 Å². The molecule has 0 saturated carbocycles. The first-order chi connectivity index (χ1) is 7.79. The molecule has 16 heavy (non-hydrogen) atoms. The van der Waals surface area contributed by atoms with Gasteiger partial charge in [-0.15, -0.1) is 0 Å². The van der Waals surface area contributed by atoms with Gasteiger partial charge in [0.15, 0.2) is 0 Å². The molecule has 1 unspecified atom stereocenters. The van der Waals surface area contributed by atoms with Crippen molar-refractivity contribution in [1.29, 1.82) is 0 Å². The minimum atomic E-state index is 0.0212. The number of anilines is 1. The summed E-state index contributed by atoms with van der Waals surface area (Å²) in [5.74, 6) is 1.02. The van der Waals surface area contributed by atoms with E-state index in [2.05, 4.69) is 16.0 Å². The number of pyridine rings is 1. The molecule has 4 heteroatoms. The molecule has 1 saturated heterocycles. The zero-order valence-corrected chi connectivity index (χ0v) is 9.72. The maximum Gasteiger partial charge on any atom is 0.133 e.